The van der Waals surface area contributed by atoms with Gasteiger partial charge in [-0.25, -0.2) is 0 Å². The molecule has 0 unspecified atom stereocenters. The molecule has 0 aliphatic heterocycles. The van der Waals surface area contributed by atoms with Gasteiger partial charge in [0.15, 0.2) is 0 Å². The molecule has 0 atom stereocenters. The molecule has 0 bridgehead atoms. The molecule has 20 heavy (non-hydrogen) atoms. The first-order chi connectivity index (χ1) is 9.45. The number of carbonyl (C=O) groups is 1. The highest BCUT2D eigenvalue weighted by Crippen LogP contribution is 2.19. The van der Waals surface area contributed by atoms with Crippen molar-refractivity contribution in [3.63, 3.8) is 0 Å². The Hall–Kier alpha value is -1.35. The van der Waals surface area contributed by atoms with Crippen LogP contribution in [0.25, 0.3) is 0 Å². The van der Waals surface area contributed by atoms with Crippen LogP contribution in [0.4, 0.5) is 0 Å². The second-order valence-corrected chi connectivity index (χ2v) is 6.11. The molecule has 0 saturated carbocycles. The van der Waals surface area contributed by atoms with Crippen molar-refractivity contribution >= 4 is 5.91 Å². The molecule has 1 rings (SSSR count). The maximum absolute atomic E-state index is 12.8. The second-order valence-electron chi connectivity index (χ2n) is 6.11. The van der Waals surface area contributed by atoms with Crippen LogP contribution in [0.5, 0.6) is 0 Å². The molecule has 1 aromatic rings. The van der Waals surface area contributed by atoms with E-state index in [0.717, 1.165) is 30.5 Å². The Morgan fingerprint density at radius 1 is 1.25 bits per heavy atom. The molecule has 3 heteroatoms. The van der Waals surface area contributed by atoms with E-state index in [1.165, 1.54) is 0 Å². The first-order valence-electron chi connectivity index (χ1n) is 7.52. The molecule has 2 N–H and O–H groups in total. The van der Waals surface area contributed by atoms with E-state index in [4.69, 9.17) is 5.73 Å². The number of aryl methyl sites for hydroxylation is 1. The van der Waals surface area contributed by atoms with Crippen LogP contribution in [-0.4, -0.2) is 30.4 Å². The summed E-state index contributed by atoms with van der Waals surface area (Å²) in [6.07, 6.45) is 1.84. The van der Waals surface area contributed by atoms with Gasteiger partial charge in [0, 0.05) is 18.7 Å². The molecule has 0 fully saturated rings. The van der Waals surface area contributed by atoms with Gasteiger partial charge in [0.2, 0.25) is 0 Å². The summed E-state index contributed by atoms with van der Waals surface area (Å²) >= 11 is 0. The summed E-state index contributed by atoms with van der Waals surface area (Å²) in [6, 6.07) is 7.89. The fourth-order valence-corrected chi connectivity index (χ4v) is 2.31. The minimum Gasteiger partial charge on any atom is -0.338 e. The van der Waals surface area contributed by atoms with Crippen LogP contribution in [0.2, 0.25) is 0 Å². The number of benzene rings is 1. The van der Waals surface area contributed by atoms with Crippen LogP contribution in [-0.2, 0) is 6.42 Å². The molecule has 1 amide bonds. The SMILES string of the molecule is CCCN(CC(C)(C)CN)C(=O)c1ccccc1CC. The van der Waals surface area contributed by atoms with E-state index in [1.807, 2.05) is 29.2 Å². The molecule has 112 valence electrons. The lowest BCUT2D eigenvalue weighted by Gasteiger charge is -2.32. The van der Waals surface area contributed by atoms with Crippen molar-refractivity contribution in [2.24, 2.45) is 11.1 Å². The number of nitrogens with zero attached hydrogens (tertiary/aromatic N) is 1. The second kappa shape index (κ2) is 7.44. The van der Waals surface area contributed by atoms with Gasteiger partial charge in [-0.05, 0) is 36.4 Å². The maximum Gasteiger partial charge on any atom is 0.254 e. The average Bonchev–Trinajstić information content (AvgIpc) is 2.46. The third kappa shape index (κ3) is 4.34. The zero-order chi connectivity index (χ0) is 15.2. The Balaban J connectivity index is 2.99. The smallest absolute Gasteiger partial charge is 0.254 e. The molecule has 0 aliphatic carbocycles. The van der Waals surface area contributed by atoms with Crippen LogP contribution in [0.15, 0.2) is 24.3 Å². The minimum absolute atomic E-state index is 0.0496. The fraction of sp³-hybridized carbons (Fsp3) is 0.588. The minimum atomic E-state index is -0.0496. The number of carbonyl (C=O) groups excluding carboxylic acids is 1. The van der Waals surface area contributed by atoms with Gasteiger partial charge in [-0.3, -0.25) is 4.79 Å². The monoisotopic (exact) mass is 276 g/mol. The number of rotatable bonds is 7. The lowest BCUT2D eigenvalue weighted by molar-refractivity contribution is 0.0688. The molecule has 0 aliphatic rings. The van der Waals surface area contributed by atoms with E-state index in [1.54, 1.807) is 0 Å². The van der Waals surface area contributed by atoms with E-state index >= 15 is 0 Å². The number of hydrogen-bond acceptors (Lipinski definition) is 2. The Morgan fingerprint density at radius 2 is 1.90 bits per heavy atom. The summed E-state index contributed by atoms with van der Waals surface area (Å²) in [5, 5.41) is 0. The standard InChI is InChI=1S/C17H28N2O/c1-5-11-19(13-17(3,4)12-18)16(20)15-10-8-7-9-14(15)6-2/h7-10H,5-6,11-13,18H2,1-4H3. The van der Waals surface area contributed by atoms with Crippen molar-refractivity contribution in [3.05, 3.63) is 35.4 Å². The van der Waals surface area contributed by atoms with Crippen LogP contribution < -0.4 is 5.73 Å². The van der Waals surface area contributed by atoms with E-state index in [-0.39, 0.29) is 11.3 Å². The van der Waals surface area contributed by atoms with Gasteiger partial charge in [-0.2, -0.15) is 0 Å². The molecule has 0 heterocycles. The van der Waals surface area contributed by atoms with Crippen LogP contribution >= 0.6 is 0 Å². The van der Waals surface area contributed by atoms with Crippen molar-refractivity contribution in [3.8, 4) is 0 Å². The largest absolute Gasteiger partial charge is 0.338 e. The predicted octanol–water partition coefficient (Wildman–Crippen LogP) is 3.09. The Kier molecular flexibility index (Phi) is 6.21. The maximum atomic E-state index is 12.8. The third-order valence-electron chi connectivity index (χ3n) is 3.58. The number of nitrogens with two attached hydrogens (primary N) is 1. The van der Waals surface area contributed by atoms with Crippen molar-refractivity contribution < 1.29 is 4.79 Å². The molecule has 1 aromatic carbocycles. The van der Waals surface area contributed by atoms with Crippen molar-refractivity contribution in [1.29, 1.82) is 0 Å². The molecule has 0 radical (unpaired) electrons. The van der Waals surface area contributed by atoms with Gasteiger partial charge >= 0.3 is 0 Å². The summed E-state index contributed by atoms with van der Waals surface area (Å²) in [5.41, 5.74) is 7.70. The summed E-state index contributed by atoms with van der Waals surface area (Å²) in [4.78, 5) is 14.7. The van der Waals surface area contributed by atoms with Crippen molar-refractivity contribution in [2.45, 2.75) is 40.5 Å². The Morgan fingerprint density at radius 3 is 2.45 bits per heavy atom. The van der Waals surface area contributed by atoms with Gasteiger partial charge in [0.1, 0.15) is 0 Å². The van der Waals surface area contributed by atoms with Gasteiger partial charge in [0.25, 0.3) is 5.91 Å². The molecular weight excluding hydrogens is 248 g/mol. The van der Waals surface area contributed by atoms with Crippen molar-refractivity contribution in [1.82, 2.24) is 4.90 Å². The average molecular weight is 276 g/mol. The number of hydrogen-bond donors (Lipinski definition) is 1. The van der Waals surface area contributed by atoms with Crippen molar-refractivity contribution in [2.75, 3.05) is 19.6 Å². The van der Waals surface area contributed by atoms with Gasteiger partial charge in [-0.1, -0.05) is 45.9 Å². The van der Waals surface area contributed by atoms with E-state index in [9.17, 15) is 4.79 Å². The highest BCUT2D eigenvalue weighted by atomic mass is 16.2. The quantitative estimate of drug-likeness (QED) is 0.832. The molecule has 0 saturated heterocycles. The highest BCUT2D eigenvalue weighted by Gasteiger charge is 2.24. The lowest BCUT2D eigenvalue weighted by Crippen LogP contribution is -2.42. The zero-order valence-electron chi connectivity index (χ0n) is 13.3. The molecule has 0 aromatic heterocycles. The van der Waals surface area contributed by atoms with E-state index in [2.05, 4.69) is 27.7 Å². The normalized spacial score (nSPS) is 11.4. The van der Waals surface area contributed by atoms with Gasteiger partial charge < -0.3 is 10.6 Å². The van der Waals surface area contributed by atoms with Gasteiger partial charge in [-0.15, -0.1) is 0 Å². The zero-order valence-corrected chi connectivity index (χ0v) is 13.3. The highest BCUT2D eigenvalue weighted by molar-refractivity contribution is 5.95. The molecule has 0 spiro atoms. The fourth-order valence-electron chi connectivity index (χ4n) is 2.31. The summed E-state index contributed by atoms with van der Waals surface area (Å²) in [5.74, 6) is 0.130. The Bertz CT molecular complexity index is 440. The Labute approximate surface area is 123 Å². The van der Waals surface area contributed by atoms with Gasteiger partial charge in [0.05, 0.1) is 0 Å². The first kappa shape index (κ1) is 16.7. The number of amides is 1. The van der Waals surface area contributed by atoms with Crippen LogP contribution in [0.1, 0.15) is 50.0 Å². The summed E-state index contributed by atoms with van der Waals surface area (Å²) in [6.45, 7) is 10.5. The molecular formula is C17H28N2O. The third-order valence-corrected chi connectivity index (χ3v) is 3.58. The van der Waals surface area contributed by atoms with Crippen LogP contribution in [0, 0.1) is 5.41 Å². The predicted molar refractivity (Wildman–Crippen MR) is 84.8 cm³/mol. The van der Waals surface area contributed by atoms with Crippen LogP contribution in [0.3, 0.4) is 0 Å². The first-order valence-corrected chi connectivity index (χ1v) is 7.52. The topological polar surface area (TPSA) is 46.3 Å². The molecule has 3 nitrogen and oxygen atoms in total. The van der Waals surface area contributed by atoms with E-state index < -0.39 is 0 Å². The summed E-state index contributed by atoms with van der Waals surface area (Å²) in [7, 11) is 0. The van der Waals surface area contributed by atoms with E-state index in [0.29, 0.717) is 13.1 Å². The summed E-state index contributed by atoms with van der Waals surface area (Å²) < 4.78 is 0. The lowest BCUT2D eigenvalue weighted by atomic mass is 9.92.